The van der Waals surface area contributed by atoms with Gasteiger partial charge in [-0.25, -0.2) is 0 Å². The van der Waals surface area contributed by atoms with Gasteiger partial charge in [-0.15, -0.1) is 0 Å². The summed E-state index contributed by atoms with van der Waals surface area (Å²) in [6, 6.07) is 16.7. The first-order valence-electron chi connectivity index (χ1n) is 10.1. The maximum absolute atomic E-state index is 13.6. The molecule has 0 radical (unpaired) electrons. The van der Waals surface area contributed by atoms with Gasteiger partial charge in [0.2, 0.25) is 0 Å². The minimum Gasteiger partial charge on any atom is -0.497 e. The third-order valence-electron chi connectivity index (χ3n) is 5.93. The van der Waals surface area contributed by atoms with Crippen molar-refractivity contribution in [1.29, 1.82) is 0 Å². The van der Waals surface area contributed by atoms with Gasteiger partial charge >= 0.3 is 0 Å². The molecule has 146 valence electrons. The van der Waals surface area contributed by atoms with Crippen molar-refractivity contribution in [3.8, 4) is 5.75 Å². The number of fused-ring (bicyclic) bond motifs is 1. The van der Waals surface area contributed by atoms with Gasteiger partial charge in [-0.05, 0) is 55.7 Å². The van der Waals surface area contributed by atoms with Crippen molar-refractivity contribution in [1.82, 2.24) is 9.47 Å². The standard InChI is InChI=1S/C24H28N2O2/c1-17-8-13-21-19(15-17)16-23(25(21)2)24(27)26-14-6-4-5-7-22(26)18-9-11-20(28-3)12-10-18/h8-13,15-16,22H,4-7,14H2,1-3H3/t22-/m1/s1. The van der Waals surface area contributed by atoms with Crippen molar-refractivity contribution < 1.29 is 9.53 Å². The van der Waals surface area contributed by atoms with Gasteiger partial charge in [0, 0.05) is 24.5 Å². The quantitative estimate of drug-likeness (QED) is 0.625. The summed E-state index contributed by atoms with van der Waals surface area (Å²) in [6.07, 6.45) is 4.38. The lowest BCUT2D eigenvalue weighted by atomic mass is 10.0. The first-order valence-corrected chi connectivity index (χ1v) is 10.1. The number of carbonyl (C=O) groups is 1. The third-order valence-corrected chi connectivity index (χ3v) is 5.93. The zero-order valence-corrected chi connectivity index (χ0v) is 16.9. The van der Waals surface area contributed by atoms with Crippen LogP contribution in [-0.2, 0) is 7.05 Å². The van der Waals surface area contributed by atoms with Crippen LogP contribution in [0.1, 0.15) is 53.3 Å². The van der Waals surface area contributed by atoms with E-state index in [1.807, 2.05) is 29.8 Å². The fraction of sp³-hybridized carbons (Fsp3) is 0.375. The van der Waals surface area contributed by atoms with E-state index >= 15 is 0 Å². The summed E-state index contributed by atoms with van der Waals surface area (Å²) in [5, 5.41) is 1.13. The molecule has 1 aliphatic heterocycles. The van der Waals surface area contributed by atoms with E-state index in [4.69, 9.17) is 4.74 Å². The molecule has 1 saturated heterocycles. The van der Waals surface area contributed by atoms with Crippen LogP contribution in [0.3, 0.4) is 0 Å². The van der Waals surface area contributed by atoms with Crippen LogP contribution in [0.4, 0.5) is 0 Å². The molecule has 3 aromatic rings. The van der Waals surface area contributed by atoms with E-state index in [0.29, 0.717) is 0 Å². The Morgan fingerprint density at radius 2 is 1.82 bits per heavy atom. The normalized spacial score (nSPS) is 17.5. The number of rotatable bonds is 3. The number of carbonyl (C=O) groups excluding carboxylic acids is 1. The molecule has 0 saturated carbocycles. The molecule has 28 heavy (non-hydrogen) atoms. The van der Waals surface area contributed by atoms with Crippen molar-refractivity contribution in [3.05, 3.63) is 65.4 Å². The topological polar surface area (TPSA) is 34.5 Å². The van der Waals surface area contributed by atoms with Crippen LogP contribution in [0.5, 0.6) is 5.75 Å². The number of hydrogen-bond donors (Lipinski definition) is 0. The highest BCUT2D eigenvalue weighted by molar-refractivity contribution is 5.99. The molecular formula is C24H28N2O2. The van der Waals surface area contributed by atoms with Gasteiger partial charge in [0.05, 0.1) is 13.2 Å². The summed E-state index contributed by atoms with van der Waals surface area (Å²) in [6.45, 7) is 2.89. The van der Waals surface area contributed by atoms with Gasteiger partial charge in [0.15, 0.2) is 0 Å². The van der Waals surface area contributed by atoms with Crippen LogP contribution in [0.25, 0.3) is 10.9 Å². The molecule has 1 atom stereocenters. The molecule has 4 heteroatoms. The molecule has 2 heterocycles. The highest BCUT2D eigenvalue weighted by Crippen LogP contribution is 2.33. The molecule has 1 amide bonds. The number of aromatic nitrogens is 1. The number of likely N-dealkylation sites (tertiary alicyclic amines) is 1. The number of benzene rings is 2. The van der Waals surface area contributed by atoms with Gasteiger partial charge in [0.25, 0.3) is 5.91 Å². The van der Waals surface area contributed by atoms with Crippen LogP contribution in [0.2, 0.25) is 0 Å². The van der Waals surface area contributed by atoms with Gasteiger partial charge in [0.1, 0.15) is 11.4 Å². The zero-order chi connectivity index (χ0) is 19.7. The Hall–Kier alpha value is -2.75. The van der Waals surface area contributed by atoms with Crippen LogP contribution in [0.15, 0.2) is 48.5 Å². The Balaban J connectivity index is 1.71. The molecule has 1 fully saturated rings. The minimum absolute atomic E-state index is 0.112. The lowest BCUT2D eigenvalue weighted by Crippen LogP contribution is -2.35. The number of aryl methyl sites for hydroxylation is 2. The number of nitrogens with zero attached hydrogens (tertiary/aromatic N) is 2. The smallest absolute Gasteiger partial charge is 0.271 e. The first kappa shape index (κ1) is 18.6. The summed E-state index contributed by atoms with van der Waals surface area (Å²) >= 11 is 0. The lowest BCUT2D eigenvalue weighted by Gasteiger charge is -2.30. The Morgan fingerprint density at radius 3 is 2.57 bits per heavy atom. The number of ether oxygens (including phenoxy) is 1. The molecule has 0 spiro atoms. The highest BCUT2D eigenvalue weighted by atomic mass is 16.5. The molecular weight excluding hydrogens is 348 g/mol. The molecule has 0 bridgehead atoms. The van der Waals surface area contributed by atoms with Crippen molar-refractivity contribution in [2.45, 2.75) is 38.6 Å². The van der Waals surface area contributed by atoms with E-state index in [-0.39, 0.29) is 11.9 Å². The van der Waals surface area contributed by atoms with E-state index < -0.39 is 0 Å². The average Bonchev–Trinajstić information content (AvgIpc) is 2.88. The van der Waals surface area contributed by atoms with E-state index in [2.05, 4.69) is 42.2 Å². The number of hydrogen-bond acceptors (Lipinski definition) is 2. The zero-order valence-electron chi connectivity index (χ0n) is 16.9. The number of amides is 1. The Bertz CT molecular complexity index is 988. The van der Waals surface area contributed by atoms with Gasteiger partial charge in [-0.2, -0.15) is 0 Å². The van der Waals surface area contributed by atoms with Crippen molar-refractivity contribution in [2.24, 2.45) is 7.05 Å². The van der Waals surface area contributed by atoms with Gasteiger partial charge in [-0.1, -0.05) is 36.6 Å². The lowest BCUT2D eigenvalue weighted by molar-refractivity contribution is 0.0671. The number of methoxy groups -OCH3 is 1. The van der Waals surface area contributed by atoms with E-state index in [1.165, 1.54) is 17.5 Å². The molecule has 0 N–H and O–H groups in total. The monoisotopic (exact) mass is 376 g/mol. The van der Waals surface area contributed by atoms with Crippen LogP contribution >= 0.6 is 0 Å². The molecule has 1 aromatic heterocycles. The fourth-order valence-corrected chi connectivity index (χ4v) is 4.35. The van der Waals surface area contributed by atoms with Crippen LogP contribution in [0, 0.1) is 6.92 Å². The van der Waals surface area contributed by atoms with Gasteiger partial charge in [-0.3, -0.25) is 4.79 Å². The van der Waals surface area contributed by atoms with E-state index in [1.54, 1.807) is 7.11 Å². The summed E-state index contributed by atoms with van der Waals surface area (Å²) in [5.74, 6) is 0.971. The molecule has 0 aliphatic carbocycles. The third kappa shape index (κ3) is 3.39. The summed E-state index contributed by atoms with van der Waals surface area (Å²) in [7, 11) is 3.67. The van der Waals surface area contributed by atoms with E-state index in [9.17, 15) is 4.79 Å². The SMILES string of the molecule is COc1ccc([C@H]2CCCCCN2C(=O)c2cc3cc(C)ccc3n2C)cc1. The van der Waals surface area contributed by atoms with Crippen molar-refractivity contribution >= 4 is 16.8 Å². The second-order valence-electron chi connectivity index (χ2n) is 7.79. The maximum atomic E-state index is 13.6. The van der Waals surface area contributed by atoms with E-state index in [0.717, 1.165) is 48.2 Å². The fourth-order valence-electron chi connectivity index (χ4n) is 4.35. The Morgan fingerprint density at radius 1 is 1.04 bits per heavy atom. The van der Waals surface area contributed by atoms with Crippen LogP contribution < -0.4 is 4.74 Å². The van der Waals surface area contributed by atoms with Crippen molar-refractivity contribution in [3.63, 3.8) is 0 Å². The maximum Gasteiger partial charge on any atom is 0.271 e. The second-order valence-corrected chi connectivity index (χ2v) is 7.79. The minimum atomic E-state index is 0.112. The Kier molecular flexibility index (Phi) is 5.12. The van der Waals surface area contributed by atoms with Gasteiger partial charge < -0.3 is 14.2 Å². The summed E-state index contributed by atoms with van der Waals surface area (Å²) < 4.78 is 7.33. The molecule has 4 nitrogen and oxygen atoms in total. The predicted molar refractivity (Wildman–Crippen MR) is 113 cm³/mol. The molecule has 1 aliphatic rings. The largest absolute Gasteiger partial charge is 0.497 e. The second kappa shape index (κ2) is 7.70. The molecule has 4 rings (SSSR count). The van der Waals surface area contributed by atoms with Crippen molar-refractivity contribution in [2.75, 3.05) is 13.7 Å². The summed E-state index contributed by atoms with van der Waals surface area (Å²) in [5.41, 5.74) is 4.26. The highest BCUT2D eigenvalue weighted by Gasteiger charge is 2.29. The summed E-state index contributed by atoms with van der Waals surface area (Å²) in [4.78, 5) is 15.7. The Labute approximate surface area is 166 Å². The average molecular weight is 377 g/mol. The van der Waals surface area contributed by atoms with Crippen LogP contribution in [-0.4, -0.2) is 29.0 Å². The first-order chi connectivity index (χ1) is 13.6. The molecule has 0 unspecified atom stereocenters. The predicted octanol–water partition coefficient (Wildman–Crippen LogP) is 5.25. The molecule has 2 aromatic carbocycles.